The van der Waals surface area contributed by atoms with E-state index in [2.05, 4.69) is 24.1 Å². The van der Waals surface area contributed by atoms with Gasteiger partial charge in [0.25, 0.3) is 0 Å². The van der Waals surface area contributed by atoms with E-state index in [9.17, 15) is 4.79 Å². The molecule has 0 bridgehead atoms. The van der Waals surface area contributed by atoms with Crippen LogP contribution in [0, 0.1) is 11.8 Å². The van der Waals surface area contributed by atoms with Crippen molar-refractivity contribution < 1.29 is 4.79 Å². The Kier molecular flexibility index (Phi) is 5.74. The van der Waals surface area contributed by atoms with Gasteiger partial charge < -0.3 is 10.2 Å². The second-order valence-corrected chi connectivity index (χ2v) is 5.66. The van der Waals surface area contributed by atoms with E-state index in [-0.39, 0.29) is 18.3 Å². The predicted octanol–water partition coefficient (Wildman–Crippen LogP) is 2.05. The first-order chi connectivity index (χ1) is 7.68. The molecule has 17 heavy (non-hydrogen) atoms. The summed E-state index contributed by atoms with van der Waals surface area (Å²) in [5, 5.41) is 3.34. The molecule has 0 aromatic rings. The van der Waals surface area contributed by atoms with E-state index in [1.807, 2.05) is 0 Å². The second kappa shape index (κ2) is 6.60. The maximum absolute atomic E-state index is 12.4. The lowest BCUT2D eigenvalue weighted by molar-refractivity contribution is -0.137. The van der Waals surface area contributed by atoms with Gasteiger partial charge in [-0.25, -0.2) is 0 Å². The van der Waals surface area contributed by atoms with Crippen molar-refractivity contribution in [3.05, 3.63) is 0 Å². The molecule has 1 amide bonds. The second-order valence-electron chi connectivity index (χ2n) is 5.66. The van der Waals surface area contributed by atoms with E-state index in [0.717, 1.165) is 32.5 Å². The van der Waals surface area contributed by atoms with Gasteiger partial charge in [0.05, 0.1) is 5.92 Å². The molecule has 2 fully saturated rings. The highest BCUT2D eigenvalue weighted by molar-refractivity contribution is 5.85. The highest BCUT2D eigenvalue weighted by atomic mass is 35.5. The number of halogens is 1. The van der Waals surface area contributed by atoms with Gasteiger partial charge >= 0.3 is 0 Å². The van der Waals surface area contributed by atoms with Crippen LogP contribution in [0.2, 0.25) is 0 Å². The monoisotopic (exact) mass is 260 g/mol. The van der Waals surface area contributed by atoms with Gasteiger partial charge in [-0.15, -0.1) is 12.4 Å². The zero-order valence-electron chi connectivity index (χ0n) is 10.9. The number of rotatable bonds is 4. The zero-order valence-corrected chi connectivity index (χ0v) is 11.8. The third kappa shape index (κ3) is 4.14. The van der Waals surface area contributed by atoms with Gasteiger partial charge in [-0.2, -0.15) is 0 Å². The van der Waals surface area contributed by atoms with Crippen LogP contribution in [0.1, 0.15) is 39.5 Å². The van der Waals surface area contributed by atoms with Crippen LogP contribution in [0.4, 0.5) is 0 Å². The minimum Gasteiger partial charge on any atom is -0.339 e. The molecule has 1 aliphatic heterocycles. The molecule has 4 heteroatoms. The van der Waals surface area contributed by atoms with E-state index in [4.69, 9.17) is 0 Å². The van der Waals surface area contributed by atoms with Gasteiger partial charge in [-0.05, 0) is 38.1 Å². The summed E-state index contributed by atoms with van der Waals surface area (Å²) in [5.41, 5.74) is 0. The van der Waals surface area contributed by atoms with Crippen LogP contribution >= 0.6 is 12.4 Å². The molecule has 3 nitrogen and oxygen atoms in total. The van der Waals surface area contributed by atoms with Crippen molar-refractivity contribution >= 4 is 18.3 Å². The largest absolute Gasteiger partial charge is 0.339 e. The molecule has 1 atom stereocenters. The topological polar surface area (TPSA) is 32.3 Å². The number of piperidine rings is 1. The zero-order chi connectivity index (χ0) is 11.5. The standard InChI is InChI=1S/C13H24N2O.ClH/c1-10(2)9-15(12-5-6-12)13(16)11-4-3-7-14-8-11;/h10-12,14H,3-9H2,1-2H3;1H/t11-;/m1./s1. The molecule has 1 saturated heterocycles. The molecule has 0 spiro atoms. The van der Waals surface area contributed by atoms with Crippen LogP contribution in [0.3, 0.4) is 0 Å². The molecule has 0 radical (unpaired) electrons. The Labute approximate surface area is 111 Å². The molecule has 1 heterocycles. The van der Waals surface area contributed by atoms with Gasteiger partial charge in [0.1, 0.15) is 0 Å². The van der Waals surface area contributed by atoms with E-state index >= 15 is 0 Å². The third-order valence-corrected chi connectivity index (χ3v) is 3.48. The van der Waals surface area contributed by atoms with Crippen LogP contribution in [-0.4, -0.2) is 36.5 Å². The predicted molar refractivity (Wildman–Crippen MR) is 72.4 cm³/mol. The fraction of sp³-hybridized carbons (Fsp3) is 0.923. The maximum Gasteiger partial charge on any atom is 0.227 e. The summed E-state index contributed by atoms with van der Waals surface area (Å²) in [6.07, 6.45) is 4.67. The number of carbonyl (C=O) groups excluding carboxylic acids is 1. The molecule has 100 valence electrons. The van der Waals surface area contributed by atoms with Crippen LogP contribution < -0.4 is 5.32 Å². The SMILES string of the molecule is CC(C)CN(C(=O)[C@@H]1CCCNC1)C1CC1.Cl. The van der Waals surface area contributed by atoms with Gasteiger partial charge in [0, 0.05) is 19.1 Å². The smallest absolute Gasteiger partial charge is 0.227 e. The third-order valence-electron chi connectivity index (χ3n) is 3.48. The normalized spacial score (nSPS) is 24.3. The van der Waals surface area contributed by atoms with Crippen molar-refractivity contribution in [1.29, 1.82) is 0 Å². The molecular weight excluding hydrogens is 236 g/mol. The van der Waals surface area contributed by atoms with Crippen molar-refractivity contribution in [2.24, 2.45) is 11.8 Å². The Bertz CT molecular complexity index is 248. The molecule has 2 aliphatic rings. The van der Waals surface area contributed by atoms with Crippen molar-refractivity contribution in [2.75, 3.05) is 19.6 Å². The number of hydrogen-bond acceptors (Lipinski definition) is 2. The van der Waals surface area contributed by atoms with Crippen LogP contribution in [-0.2, 0) is 4.79 Å². The Morgan fingerprint density at radius 3 is 2.53 bits per heavy atom. The molecule has 1 aliphatic carbocycles. The maximum atomic E-state index is 12.4. The quantitative estimate of drug-likeness (QED) is 0.839. The van der Waals surface area contributed by atoms with Gasteiger partial charge in [-0.1, -0.05) is 13.8 Å². The Balaban J connectivity index is 0.00000144. The van der Waals surface area contributed by atoms with Crippen molar-refractivity contribution in [3.8, 4) is 0 Å². The number of amides is 1. The molecule has 2 rings (SSSR count). The minimum atomic E-state index is 0. The van der Waals surface area contributed by atoms with E-state index in [1.54, 1.807) is 0 Å². The molecular formula is C13H25ClN2O. The summed E-state index contributed by atoms with van der Waals surface area (Å²) >= 11 is 0. The summed E-state index contributed by atoms with van der Waals surface area (Å²) < 4.78 is 0. The van der Waals surface area contributed by atoms with Gasteiger partial charge in [0.2, 0.25) is 5.91 Å². The fourth-order valence-electron chi connectivity index (χ4n) is 2.50. The number of nitrogens with one attached hydrogen (secondary N) is 1. The van der Waals surface area contributed by atoms with E-state index in [0.29, 0.717) is 17.9 Å². The lowest BCUT2D eigenvalue weighted by Gasteiger charge is -2.31. The summed E-state index contributed by atoms with van der Waals surface area (Å²) in [6.45, 7) is 7.31. The van der Waals surface area contributed by atoms with E-state index in [1.165, 1.54) is 12.8 Å². The summed E-state index contributed by atoms with van der Waals surface area (Å²) in [4.78, 5) is 14.6. The van der Waals surface area contributed by atoms with Crippen molar-refractivity contribution in [3.63, 3.8) is 0 Å². The number of carbonyl (C=O) groups is 1. The average molecular weight is 261 g/mol. The molecule has 1 N–H and O–H groups in total. The summed E-state index contributed by atoms with van der Waals surface area (Å²) in [5.74, 6) is 1.23. The first-order valence-electron chi connectivity index (χ1n) is 6.69. The van der Waals surface area contributed by atoms with Crippen molar-refractivity contribution in [1.82, 2.24) is 10.2 Å². The van der Waals surface area contributed by atoms with Gasteiger partial charge in [-0.3, -0.25) is 4.79 Å². The number of nitrogens with zero attached hydrogens (tertiary/aromatic N) is 1. The van der Waals surface area contributed by atoms with Crippen molar-refractivity contribution in [2.45, 2.75) is 45.6 Å². The lowest BCUT2D eigenvalue weighted by Crippen LogP contribution is -2.45. The molecule has 1 saturated carbocycles. The van der Waals surface area contributed by atoms with Crippen LogP contribution in [0.15, 0.2) is 0 Å². The minimum absolute atomic E-state index is 0. The van der Waals surface area contributed by atoms with Crippen LogP contribution in [0.25, 0.3) is 0 Å². The van der Waals surface area contributed by atoms with Gasteiger partial charge in [0.15, 0.2) is 0 Å². The molecule has 0 aromatic carbocycles. The highest BCUT2D eigenvalue weighted by Crippen LogP contribution is 2.29. The number of hydrogen-bond donors (Lipinski definition) is 1. The molecule has 0 aromatic heterocycles. The summed E-state index contributed by atoms with van der Waals surface area (Å²) in [6, 6.07) is 0.567. The Hall–Kier alpha value is -0.280. The first-order valence-corrected chi connectivity index (χ1v) is 6.69. The summed E-state index contributed by atoms with van der Waals surface area (Å²) in [7, 11) is 0. The highest BCUT2D eigenvalue weighted by Gasteiger charge is 2.36. The Morgan fingerprint density at radius 1 is 1.35 bits per heavy atom. The first kappa shape index (κ1) is 14.8. The van der Waals surface area contributed by atoms with E-state index < -0.39 is 0 Å². The average Bonchev–Trinajstić information content (AvgIpc) is 3.10. The molecule has 0 unspecified atom stereocenters. The van der Waals surface area contributed by atoms with Crippen LogP contribution in [0.5, 0.6) is 0 Å². The Morgan fingerprint density at radius 2 is 2.06 bits per heavy atom. The lowest BCUT2D eigenvalue weighted by atomic mass is 9.97. The fourth-order valence-corrected chi connectivity index (χ4v) is 2.50.